The Morgan fingerprint density at radius 2 is 2.00 bits per heavy atom. The Morgan fingerprint density at radius 3 is 2.73 bits per heavy atom. The van der Waals surface area contributed by atoms with Crippen LogP contribution in [-0.4, -0.2) is 33.0 Å². The third kappa shape index (κ3) is 3.07. The maximum absolute atomic E-state index is 12.6. The van der Waals surface area contributed by atoms with Gasteiger partial charge < -0.3 is 9.47 Å². The second-order valence-corrected chi connectivity index (χ2v) is 6.74. The van der Waals surface area contributed by atoms with Crippen molar-refractivity contribution in [2.45, 2.75) is 32.1 Å². The van der Waals surface area contributed by atoms with Gasteiger partial charge in [-0.15, -0.1) is 0 Å². The largest absolute Gasteiger partial charge is 0.433 e. The molecule has 0 N–H and O–H groups in total. The minimum absolute atomic E-state index is 0.631. The summed E-state index contributed by atoms with van der Waals surface area (Å²) in [5, 5.41) is 0. The van der Waals surface area contributed by atoms with Crippen LogP contribution in [-0.2, 0) is 32.1 Å². The number of alkyl halides is 3. The number of aromatic nitrogens is 3. The summed E-state index contributed by atoms with van der Waals surface area (Å²) < 4.78 is 40.2. The van der Waals surface area contributed by atoms with E-state index in [1.54, 1.807) is 6.20 Å². The Labute approximate surface area is 149 Å². The lowest BCUT2D eigenvalue weighted by Gasteiger charge is -2.24. The molecule has 4 nitrogen and oxygen atoms in total. The summed E-state index contributed by atoms with van der Waals surface area (Å²) in [7, 11) is 2.10. The molecule has 0 bridgehead atoms. The molecule has 1 aliphatic heterocycles. The second kappa shape index (κ2) is 6.39. The summed E-state index contributed by atoms with van der Waals surface area (Å²) >= 11 is 0. The molecule has 0 atom stereocenters. The summed E-state index contributed by atoms with van der Waals surface area (Å²) in [5.74, 6) is 0. The Balaban J connectivity index is 1.62. The SMILES string of the molecule is CN1CCc2c(c3ncccc3n2CCc2ccc(C(F)(F)F)nc2)C1. The zero-order chi connectivity index (χ0) is 18.3. The summed E-state index contributed by atoms with van der Waals surface area (Å²) in [6.45, 7) is 2.57. The molecule has 4 heterocycles. The first-order chi connectivity index (χ1) is 12.4. The molecule has 0 spiro atoms. The fourth-order valence-corrected chi connectivity index (χ4v) is 3.63. The van der Waals surface area contributed by atoms with Crippen molar-refractivity contribution in [3.8, 4) is 0 Å². The van der Waals surface area contributed by atoms with E-state index in [9.17, 15) is 13.2 Å². The van der Waals surface area contributed by atoms with E-state index in [4.69, 9.17) is 0 Å². The predicted octanol–water partition coefficient (Wildman–Crippen LogP) is 3.68. The fraction of sp³-hybridized carbons (Fsp3) is 0.368. The molecule has 0 amide bonds. The van der Waals surface area contributed by atoms with E-state index in [-0.39, 0.29) is 0 Å². The number of hydrogen-bond acceptors (Lipinski definition) is 3. The van der Waals surface area contributed by atoms with Crippen molar-refractivity contribution in [3.63, 3.8) is 0 Å². The first-order valence-corrected chi connectivity index (χ1v) is 8.59. The van der Waals surface area contributed by atoms with Crippen LogP contribution in [0.15, 0.2) is 36.7 Å². The monoisotopic (exact) mass is 360 g/mol. The van der Waals surface area contributed by atoms with E-state index >= 15 is 0 Å². The highest BCUT2D eigenvalue weighted by atomic mass is 19.4. The fourth-order valence-electron chi connectivity index (χ4n) is 3.63. The topological polar surface area (TPSA) is 34.0 Å². The molecule has 0 aliphatic carbocycles. The predicted molar refractivity (Wildman–Crippen MR) is 92.7 cm³/mol. The van der Waals surface area contributed by atoms with Gasteiger partial charge in [-0.1, -0.05) is 6.07 Å². The van der Waals surface area contributed by atoms with Crippen molar-refractivity contribution in [2.24, 2.45) is 0 Å². The Morgan fingerprint density at radius 1 is 1.15 bits per heavy atom. The van der Waals surface area contributed by atoms with Gasteiger partial charge in [-0.25, -0.2) is 0 Å². The van der Waals surface area contributed by atoms with Crippen LogP contribution < -0.4 is 0 Å². The highest BCUT2D eigenvalue weighted by molar-refractivity contribution is 5.81. The Bertz CT molecular complexity index is 928. The molecule has 4 rings (SSSR count). The van der Waals surface area contributed by atoms with Crippen molar-refractivity contribution in [1.29, 1.82) is 0 Å². The first kappa shape index (κ1) is 17.0. The number of hydrogen-bond donors (Lipinski definition) is 0. The van der Waals surface area contributed by atoms with Crippen molar-refractivity contribution < 1.29 is 13.2 Å². The normalized spacial score (nSPS) is 15.4. The van der Waals surface area contributed by atoms with Gasteiger partial charge in [0.1, 0.15) is 5.69 Å². The van der Waals surface area contributed by atoms with Crippen LogP contribution in [0.2, 0.25) is 0 Å². The summed E-state index contributed by atoms with van der Waals surface area (Å²) in [4.78, 5) is 10.4. The molecule has 136 valence electrons. The molecular weight excluding hydrogens is 341 g/mol. The van der Waals surface area contributed by atoms with Gasteiger partial charge in [-0.3, -0.25) is 9.97 Å². The number of aryl methyl sites for hydroxylation is 2. The van der Waals surface area contributed by atoms with Crippen LogP contribution >= 0.6 is 0 Å². The summed E-state index contributed by atoms with van der Waals surface area (Å²) in [6.07, 6.45) is 0.319. The van der Waals surface area contributed by atoms with E-state index in [0.717, 1.165) is 42.2 Å². The quantitative estimate of drug-likeness (QED) is 0.715. The number of likely N-dealkylation sites (N-methyl/N-ethyl adjacent to an activating group) is 1. The number of rotatable bonds is 3. The van der Waals surface area contributed by atoms with Gasteiger partial charge in [0.05, 0.1) is 11.0 Å². The second-order valence-electron chi connectivity index (χ2n) is 6.74. The Hall–Kier alpha value is -2.41. The van der Waals surface area contributed by atoms with Gasteiger partial charge in [0.2, 0.25) is 0 Å². The molecular formula is C19H19F3N4. The van der Waals surface area contributed by atoms with E-state index in [0.29, 0.717) is 13.0 Å². The van der Waals surface area contributed by atoms with Crippen molar-refractivity contribution in [1.82, 2.24) is 19.4 Å². The maximum atomic E-state index is 12.6. The molecule has 0 unspecified atom stereocenters. The highest BCUT2D eigenvalue weighted by Crippen LogP contribution is 2.30. The maximum Gasteiger partial charge on any atom is 0.433 e. The molecule has 26 heavy (non-hydrogen) atoms. The van der Waals surface area contributed by atoms with Crippen LogP contribution in [0.25, 0.3) is 11.0 Å². The summed E-state index contributed by atoms with van der Waals surface area (Å²) in [5.41, 5.74) is 4.62. The van der Waals surface area contributed by atoms with Gasteiger partial charge in [0.15, 0.2) is 0 Å². The molecule has 0 saturated carbocycles. The van der Waals surface area contributed by atoms with E-state index in [1.807, 2.05) is 6.07 Å². The van der Waals surface area contributed by atoms with Gasteiger partial charge >= 0.3 is 6.18 Å². The van der Waals surface area contributed by atoms with Crippen molar-refractivity contribution in [2.75, 3.05) is 13.6 Å². The van der Waals surface area contributed by atoms with Crippen LogP contribution in [0.4, 0.5) is 13.2 Å². The first-order valence-electron chi connectivity index (χ1n) is 8.59. The zero-order valence-corrected chi connectivity index (χ0v) is 14.4. The van der Waals surface area contributed by atoms with Crippen molar-refractivity contribution in [3.05, 3.63) is 59.2 Å². The molecule has 7 heteroatoms. The number of pyridine rings is 2. The third-order valence-corrected chi connectivity index (χ3v) is 4.93. The average Bonchev–Trinajstić information content (AvgIpc) is 2.93. The lowest BCUT2D eigenvalue weighted by molar-refractivity contribution is -0.141. The highest BCUT2D eigenvalue weighted by Gasteiger charge is 2.32. The summed E-state index contributed by atoms with van der Waals surface area (Å²) in [6, 6.07) is 6.55. The van der Waals surface area contributed by atoms with Gasteiger partial charge in [-0.2, -0.15) is 13.2 Å². The van der Waals surface area contributed by atoms with Gasteiger partial charge in [0.25, 0.3) is 0 Å². The number of halogens is 3. The molecule has 0 fully saturated rings. The minimum Gasteiger partial charge on any atom is -0.343 e. The number of nitrogens with zero attached hydrogens (tertiary/aromatic N) is 4. The van der Waals surface area contributed by atoms with Crippen molar-refractivity contribution >= 4 is 11.0 Å². The van der Waals surface area contributed by atoms with Gasteiger partial charge in [0, 0.05) is 49.7 Å². The molecule has 0 radical (unpaired) electrons. The van der Waals surface area contributed by atoms with Gasteiger partial charge in [-0.05, 0) is 37.2 Å². The Kier molecular flexibility index (Phi) is 4.19. The van der Waals surface area contributed by atoms with Crippen LogP contribution in [0.5, 0.6) is 0 Å². The molecule has 3 aromatic rings. The van der Waals surface area contributed by atoms with Crippen LogP contribution in [0.3, 0.4) is 0 Å². The van der Waals surface area contributed by atoms with E-state index in [1.165, 1.54) is 23.5 Å². The average molecular weight is 360 g/mol. The van der Waals surface area contributed by atoms with E-state index in [2.05, 4.69) is 32.5 Å². The molecule has 1 aliphatic rings. The standard InChI is InChI=1S/C19H19F3N4/c1-25-9-7-15-14(12-25)18-16(3-2-8-23-18)26(15)10-6-13-4-5-17(24-11-13)19(20,21)22/h2-5,8,11H,6-7,9-10,12H2,1H3. The third-order valence-electron chi connectivity index (χ3n) is 4.93. The molecule has 3 aromatic heterocycles. The molecule has 0 saturated heterocycles. The molecule has 0 aromatic carbocycles. The lowest BCUT2D eigenvalue weighted by atomic mass is 10.1. The van der Waals surface area contributed by atoms with Crippen LogP contribution in [0, 0.1) is 0 Å². The zero-order valence-electron chi connectivity index (χ0n) is 14.4. The lowest BCUT2D eigenvalue weighted by Crippen LogP contribution is -2.27. The minimum atomic E-state index is -4.40. The van der Waals surface area contributed by atoms with E-state index < -0.39 is 11.9 Å². The number of fused-ring (bicyclic) bond motifs is 3. The smallest absolute Gasteiger partial charge is 0.343 e. The van der Waals surface area contributed by atoms with Crippen LogP contribution in [0.1, 0.15) is 22.5 Å².